The van der Waals surface area contributed by atoms with Crippen molar-refractivity contribution in [3.63, 3.8) is 0 Å². The molecule has 0 fully saturated rings. The largest absolute Gasteiger partial charge is 0.354 e. The maximum Gasteiger partial charge on any atom is 0.242 e. The minimum Gasteiger partial charge on any atom is -0.354 e. The highest BCUT2D eigenvalue weighted by Crippen LogP contribution is 2.20. The Kier molecular flexibility index (Phi) is 6.60. The molecule has 4 aromatic carbocycles. The summed E-state index contributed by atoms with van der Waals surface area (Å²) in [5, 5.41) is 3.77. The van der Waals surface area contributed by atoms with Crippen molar-refractivity contribution in [2.75, 3.05) is 5.32 Å². The smallest absolute Gasteiger partial charge is 0.242 e. The first kappa shape index (κ1) is 24.4. The number of fused-ring (bicyclic) bond motifs is 2. The number of aryl methyl sites for hydroxylation is 1. The van der Waals surface area contributed by atoms with Crippen molar-refractivity contribution < 1.29 is 13.2 Å². The van der Waals surface area contributed by atoms with Crippen LogP contribution in [0.15, 0.2) is 107 Å². The van der Waals surface area contributed by atoms with Crippen LogP contribution in [0, 0.1) is 6.92 Å². The summed E-state index contributed by atoms with van der Waals surface area (Å²) in [6.07, 6.45) is 0.149. The summed E-state index contributed by atoms with van der Waals surface area (Å²) in [5.74, 6) is -0.531. The molecule has 1 atom stereocenters. The summed E-state index contributed by atoms with van der Waals surface area (Å²) in [6, 6.07) is 26.8. The molecular formula is C29H25N3O4S. The first-order chi connectivity index (χ1) is 17.8. The summed E-state index contributed by atoms with van der Waals surface area (Å²) >= 11 is 0. The van der Waals surface area contributed by atoms with Gasteiger partial charge in [-0.2, -0.15) is 4.72 Å². The van der Waals surface area contributed by atoms with E-state index < -0.39 is 22.0 Å². The molecular weight excluding hydrogens is 486 g/mol. The Balaban J connectivity index is 1.46. The van der Waals surface area contributed by atoms with Gasteiger partial charge in [-0.05, 0) is 61.4 Å². The van der Waals surface area contributed by atoms with E-state index in [-0.39, 0.29) is 16.7 Å². The number of aromatic nitrogens is 1. The zero-order chi connectivity index (χ0) is 26.0. The average molecular weight is 512 g/mol. The van der Waals surface area contributed by atoms with Gasteiger partial charge in [0.15, 0.2) is 5.43 Å². The number of nitrogens with one attached hydrogen (secondary N) is 3. The predicted octanol–water partition coefficient (Wildman–Crippen LogP) is 4.52. The van der Waals surface area contributed by atoms with E-state index >= 15 is 0 Å². The van der Waals surface area contributed by atoms with Crippen LogP contribution in [0.3, 0.4) is 0 Å². The van der Waals surface area contributed by atoms with E-state index in [1.165, 1.54) is 12.1 Å². The third kappa shape index (κ3) is 5.30. The number of para-hydroxylation sites is 1. The zero-order valence-corrected chi connectivity index (χ0v) is 20.9. The van der Waals surface area contributed by atoms with Gasteiger partial charge in [0.05, 0.1) is 4.90 Å². The number of anilines is 1. The van der Waals surface area contributed by atoms with Crippen LogP contribution < -0.4 is 15.5 Å². The van der Waals surface area contributed by atoms with Crippen LogP contribution in [0.2, 0.25) is 0 Å². The predicted molar refractivity (Wildman–Crippen MR) is 146 cm³/mol. The molecule has 7 nitrogen and oxygen atoms in total. The Morgan fingerprint density at radius 3 is 2.27 bits per heavy atom. The van der Waals surface area contributed by atoms with Crippen LogP contribution in [0.1, 0.15) is 11.1 Å². The number of pyridine rings is 1. The number of carbonyl (C=O) groups excluding carboxylic acids is 1. The highest BCUT2D eigenvalue weighted by Gasteiger charge is 2.26. The second-order valence-electron chi connectivity index (χ2n) is 8.93. The first-order valence-electron chi connectivity index (χ1n) is 11.8. The first-order valence-corrected chi connectivity index (χ1v) is 13.3. The van der Waals surface area contributed by atoms with Gasteiger partial charge in [-0.3, -0.25) is 9.59 Å². The van der Waals surface area contributed by atoms with Gasteiger partial charge in [0.2, 0.25) is 15.9 Å². The lowest BCUT2D eigenvalue weighted by molar-refractivity contribution is -0.117. The fourth-order valence-electron chi connectivity index (χ4n) is 4.24. The fourth-order valence-corrected chi connectivity index (χ4v) is 5.43. The van der Waals surface area contributed by atoms with Crippen LogP contribution in [0.4, 0.5) is 5.69 Å². The standard InChI is InChI=1S/C29H25N3O4S/c1-19-11-14-22(15-12-19)37(35,36)32-27(17-20-7-3-2-4-8-20)29(34)30-21-13-16-26-24(18-21)28(33)23-9-5-6-10-25(23)31-26/h2-16,18,27,32H,17H2,1H3,(H,30,34)(H,31,33). The monoisotopic (exact) mass is 511 g/mol. The van der Waals surface area contributed by atoms with Crippen LogP contribution in [-0.4, -0.2) is 25.4 Å². The van der Waals surface area contributed by atoms with Gasteiger partial charge < -0.3 is 10.3 Å². The van der Waals surface area contributed by atoms with Crippen LogP contribution in [-0.2, 0) is 21.2 Å². The Hall–Kier alpha value is -4.27. The van der Waals surface area contributed by atoms with Crippen molar-refractivity contribution in [1.29, 1.82) is 0 Å². The average Bonchev–Trinajstić information content (AvgIpc) is 2.89. The van der Waals surface area contributed by atoms with E-state index in [0.29, 0.717) is 22.0 Å². The molecule has 0 aliphatic rings. The van der Waals surface area contributed by atoms with Crippen LogP contribution >= 0.6 is 0 Å². The summed E-state index contributed by atoms with van der Waals surface area (Å²) in [5.41, 5.74) is 3.34. The van der Waals surface area contributed by atoms with Crippen molar-refractivity contribution in [2.24, 2.45) is 0 Å². The SMILES string of the molecule is Cc1ccc(S(=O)(=O)NC(Cc2ccccc2)C(=O)Nc2ccc3[nH]c4ccccc4c(=O)c3c2)cc1. The molecule has 3 N–H and O–H groups in total. The van der Waals surface area contributed by atoms with Crippen molar-refractivity contribution >= 4 is 43.4 Å². The Morgan fingerprint density at radius 1 is 0.838 bits per heavy atom. The van der Waals surface area contributed by atoms with E-state index in [4.69, 9.17) is 0 Å². The van der Waals surface area contributed by atoms with E-state index in [0.717, 1.165) is 16.6 Å². The highest BCUT2D eigenvalue weighted by atomic mass is 32.2. The minimum atomic E-state index is -3.97. The molecule has 0 saturated heterocycles. The molecule has 0 saturated carbocycles. The van der Waals surface area contributed by atoms with Crippen molar-refractivity contribution in [3.8, 4) is 0 Å². The van der Waals surface area contributed by atoms with Crippen molar-refractivity contribution in [2.45, 2.75) is 24.3 Å². The number of hydrogen-bond donors (Lipinski definition) is 3. The lowest BCUT2D eigenvalue weighted by Crippen LogP contribution is -2.45. The van der Waals surface area contributed by atoms with E-state index in [1.807, 2.05) is 49.4 Å². The number of carbonyl (C=O) groups is 1. The van der Waals surface area contributed by atoms with E-state index in [1.54, 1.807) is 42.5 Å². The van der Waals surface area contributed by atoms with Gasteiger partial charge in [0, 0.05) is 27.5 Å². The maximum atomic E-state index is 13.4. The molecule has 8 heteroatoms. The molecule has 0 spiro atoms. The number of benzene rings is 4. The normalized spacial score (nSPS) is 12.5. The number of sulfonamides is 1. The number of aromatic amines is 1. The molecule has 0 bridgehead atoms. The Morgan fingerprint density at radius 2 is 1.51 bits per heavy atom. The third-order valence-electron chi connectivity index (χ3n) is 6.20. The molecule has 186 valence electrons. The second kappa shape index (κ2) is 10.0. The third-order valence-corrected chi connectivity index (χ3v) is 7.69. The summed E-state index contributed by atoms with van der Waals surface area (Å²) in [7, 11) is -3.97. The van der Waals surface area contributed by atoms with Gasteiger partial charge in [-0.1, -0.05) is 60.2 Å². The Labute approximate surface area is 214 Å². The number of H-pyrrole nitrogens is 1. The lowest BCUT2D eigenvalue weighted by atomic mass is 10.1. The molecule has 5 aromatic rings. The van der Waals surface area contributed by atoms with Gasteiger partial charge in [0.1, 0.15) is 6.04 Å². The van der Waals surface area contributed by atoms with Crippen LogP contribution in [0.5, 0.6) is 0 Å². The second-order valence-corrected chi connectivity index (χ2v) is 10.6. The molecule has 1 heterocycles. The molecule has 0 aliphatic heterocycles. The molecule has 1 amide bonds. The molecule has 5 rings (SSSR count). The zero-order valence-electron chi connectivity index (χ0n) is 20.1. The summed E-state index contributed by atoms with van der Waals surface area (Å²) in [6.45, 7) is 1.87. The topological polar surface area (TPSA) is 108 Å². The van der Waals surface area contributed by atoms with Gasteiger partial charge >= 0.3 is 0 Å². The number of hydrogen-bond acceptors (Lipinski definition) is 4. The maximum absolute atomic E-state index is 13.4. The molecule has 0 aliphatic carbocycles. The molecule has 0 radical (unpaired) electrons. The molecule has 1 aromatic heterocycles. The van der Waals surface area contributed by atoms with Crippen LogP contribution in [0.25, 0.3) is 21.8 Å². The summed E-state index contributed by atoms with van der Waals surface area (Å²) in [4.78, 5) is 29.7. The molecule has 37 heavy (non-hydrogen) atoms. The van der Waals surface area contributed by atoms with Gasteiger partial charge in [0.25, 0.3) is 0 Å². The van der Waals surface area contributed by atoms with Gasteiger partial charge in [-0.15, -0.1) is 0 Å². The van der Waals surface area contributed by atoms with Crippen molar-refractivity contribution in [1.82, 2.24) is 9.71 Å². The van der Waals surface area contributed by atoms with E-state index in [2.05, 4.69) is 15.0 Å². The quantitative estimate of drug-likeness (QED) is 0.279. The van der Waals surface area contributed by atoms with E-state index in [9.17, 15) is 18.0 Å². The summed E-state index contributed by atoms with van der Waals surface area (Å²) < 4.78 is 28.8. The molecule has 1 unspecified atom stereocenters. The number of amides is 1. The number of rotatable bonds is 7. The Bertz CT molecular complexity index is 1760. The lowest BCUT2D eigenvalue weighted by Gasteiger charge is -2.19. The van der Waals surface area contributed by atoms with Gasteiger partial charge in [-0.25, -0.2) is 8.42 Å². The van der Waals surface area contributed by atoms with Crippen molar-refractivity contribution in [3.05, 3.63) is 118 Å². The minimum absolute atomic E-state index is 0.0769. The fraction of sp³-hybridized carbons (Fsp3) is 0.103. The highest BCUT2D eigenvalue weighted by molar-refractivity contribution is 7.89.